The van der Waals surface area contributed by atoms with Crippen LogP contribution in [0.1, 0.15) is 34.1 Å². The summed E-state index contributed by atoms with van der Waals surface area (Å²) in [7, 11) is 2.12. The second kappa shape index (κ2) is 8.53. The average Bonchev–Trinajstić information content (AvgIpc) is 2.15. The SMILES string of the molecule is CC(C)NC(=O)CNCCCN(C)C(C)C. The van der Waals surface area contributed by atoms with Gasteiger partial charge >= 0.3 is 0 Å². The second-order valence-electron chi connectivity index (χ2n) is 4.83. The van der Waals surface area contributed by atoms with E-state index in [0.29, 0.717) is 12.6 Å². The summed E-state index contributed by atoms with van der Waals surface area (Å²) in [6.45, 7) is 10.7. The van der Waals surface area contributed by atoms with Gasteiger partial charge in [0.1, 0.15) is 0 Å². The standard InChI is InChI=1S/C12H27N3O/c1-10(2)14-12(16)9-13-7-6-8-15(5)11(3)4/h10-11,13H,6-9H2,1-5H3,(H,14,16). The number of carbonyl (C=O) groups excluding carboxylic acids is 1. The number of rotatable bonds is 8. The van der Waals surface area contributed by atoms with Crippen LogP contribution in [0.5, 0.6) is 0 Å². The molecule has 0 aromatic carbocycles. The topological polar surface area (TPSA) is 44.4 Å². The van der Waals surface area contributed by atoms with Crippen LogP contribution in [0.25, 0.3) is 0 Å². The van der Waals surface area contributed by atoms with E-state index in [2.05, 4.69) is 36.4 Å². The molecule has 0 aliphatic carbocycles. The molecule has 0 spiro atoms. The Morgan fingerprint density at radius 2 is 1.88 bits per heavy atom. The van der Waals surface area contributed by atoms with Crippen molar-refractivity contribution in [3.63, 3.8) is 0 Å². The van der Waals surface area contributed by atoms with Gasteiger partial charge in [0.15, 0.2) is 0 Å². The van der Waals surface area contributed by atoms with Crippen molar-refractivity contribution in [1.29, 1.82) is 0 Å². The Morgan fingerprint density at radius 3 is 2.38 bits per heavy atom. The molecule has 2 N–H and O–H groups in total. The minimum absolute atomic E-state index is 0.0761. The number of amides is 1. The third-order valence-electron chi connectivity index (χ3n) is 2.48. The van der Waals surface area contributed by atoms with Crippen LogP contribution in [0, 0.1) is 0 Å². The minimum atomic E-state index is 0.0761. The molecule has 0 saturated heterocycles. The van der Waals surface area contributed by atoms with Crippen molar-refractivity contribution in [3.05, 3.63) is 0 Å². The molecule has 0 radical (unpaired) electrons. The van der Waals surface area contributed by atoms with Crippen LogP contribution < -0.4 is 10.6 Å². The Bertz CT molecular complexity index is 193. The monoisotopic (exact) mass is 229 g/mol. The quantitative estimate of drug-likeness (QED) is 0.606. The summed E-state index contributed by atoms with van der Waals surface area (Å²) >= 11 is 0. The van der Waals surface area contributed by atoms with E-state index in [9.17, 15) is 4.79 Å². The highest BCUT2D eigenvalue weighted by Crippen LogP contribution is 1.93. The predicted octanol–water partition coefficient (Wildman–Crippen LogP) is 0.831. The van der Waals surface area contributed by atoms with E-state index < -0.39 is 0 Å². The lowest BCUT2D eigenvalue weighted by molar-refractivity contribution is -0.120. The van der Waals surface area contributed by atoms with Gasteiger partial charge in [-0.15, -0.1) is 0 Å². The lowest BCUT2D eigenvalue weighted by Crippen LogP contribution is -2.38. The third-order valence-corrected chi connectivity index (χ3v) is 2.48. The van der Waals surface area contributed by atoms with Gasteiger partial charge in [-0.05, 0) is 54.3 Å². The normalized spacial score (nSPS) is 11.5. The minimum Gasteiger partial charge on any atom is -0.353 e. The highest BCUT2D eigenvalue weighted by atomic mass is 16.1. The highest BCUT2D eigenvalue weighted by molar-refractivity contribution is 5.78. The molecule has 0 bridgehead atoms. The molecule has 0 aliphatic heterocycles. The summed E-state index contributed by atoms with van der Waals surface area (Å²) in [5, 5.41) is 5.99. The zero-order valence-electron chi connectivity index (χ0n) is 11.3. The third kappa shape index (κ3) is 8.68. The summed E-state index contributed by atoms with van der Waals surface area (Å²) in [6, 6.07) is 0.811. The van der Waals surface area contributed by atoms with Crippen molar-refractivity contribution < 1.29 is 4.79 Å². The van der Waals surface area contributed by atoms with Crippen molar-refractivity contribution in [3.8, 4) is 0 Å². The second-order valence-corrected chi connectivity index (χ2v) is 4.83. The zero-order chi connectivity index (χ0) is 12.6. The maximum Gasteiger partial charge on any atom is 0.234 e. The van der Waals surface area contributed by atoms with Gasteiger partial charge in [0.25, 0.3) is 0 Å². The fourth-order valence-electron chi connectivity index (χ4n) is 1.29. The summed E-state index contributed by atoms with van der Waals surface area (Å²) in [4.78, 5) is 13.6. The fraction of sp³-hybridized carbons (Fsp3) is 0.917. The van der Waals surface area contributed by atoms with Crippen molar-refractivity contribution in [2.45, 2.75) is 46.2 Å². The number of nitrogens with zero attached hydrogens (tertiary/aromatic N) is 1. The van der Waals surface area contributed by atoms with Crippen molar-refractivity contribution >= 4 is 5.91 Å². The van der Waals surface area contributed by atoms with E-state index in [1.165, 1.54) is 0 Å². The summed E-state index contributed by atoms with van der Waals surface area (Å²) in [5.41, 5.74) is 0. The first kappa shape index (κ1) is 15.4. The first-order valence-electron chi connectivity index (χ1n) is 6.13. The van der Waals surface area contributed by atoms with Crippen LogP contribution in [0.3, 0.4) is 0 Å². The summed E-state index contributed by atoms with van der Waals surface area (Å²) < 4.78 is 0. The van der Waals surface area contributed by atoms with E-state index in [-0.39, 0.29) is 11.9 Å². The summed E-state index contributed by atoms with van der Waals surface area (Å²) in [5.74, 6) is 0.0761. The van der Waals surface area contributed by atoms with Crippen LogP contribution in [-0.4, -0.2) is 49.6 Å². The van der Waals surface area contributed by atoms with Gasteiger partial charge in [-0.1, -0.05) is 0 Å². The molecular formula is C12H27N3O. The van der Waals surface area contributed by atoms with Gasteiger partial charge in [-0.3, -0.25) is 4.79 Å². The van der Waals surface area contributed by atoms with Gasteiger partial charge in [-0.25, -0.2) is 0 Å². The van der Waals surface area contributed by atoms with Crippen LogP contribution in [0.15, 0.2) is 0 Å². The Labute approximate surface area is 99.8 Å². The van der Waals surface area contributed by atoms with E-state index in [4.69, 9.17) is 0 Å². The molecule has 0 saturated carbocycles. The van der Waals surface area contributed by atoms with Crippen LogP contribution >= 0.6 is 0 Å². The predicted molar refractivity (Wildman–Crippen MR) is 68.5 cm³/mol. The molecule has 1 amide bonds. The Kier molecular flexibility index (Phi) is 8.21. The Balaban J connectivity index is 3.37. The van der Waals surface area contributed by atoms with Crippen LogP contribution in [-0.2, 0) is 4.79 Å². The molecular weight excluding hydrogens is 202 g/mol. The van der Waals surface area contributed by atoms with Crippen LogP contribution in [0.2, 0.25) is 0 Å². The highest BCUT2D eigenvalue weighted by Gasteiger charge is 2.03. The summed E-state index contributed by atoms with van der Waals surface area (Å²) in [6.07, 6.45) is 1.07. The Hall–Kier alpha value is -0.610. The van der Waals surface area contributed by atoms with E-state index >= 15 is 0 Å². The molecule has 0 aromatic heterocycles. The molecule has 4 heteroatoms. The van der Waals surface area contributed by atoms with Gasteiger partial charge in [0.05, 0.1) is 6.54 Å². The van der Waals surface area contributed by atoms with E-state index in [1.807, 2.05) is 13.8 Å². The Morgan fingerprint density at radius 1 is 1.25 bits per heavy atom. The zero-order valence-corrected chi connectivity index (χ0v) is 11.3. The van der Waals surface area contributed by atoms with Gasteiger partial charge in [-0.2, -0.15) is 0 Å². The maximum absolute atomic E-state index is 11.3. The van der Waals surface area contributed by atoms with Crippen molar-refractivity contribution in [1.82, 2.24) is 15.5 Å². The maximum atomic E-state index is 11.3. The molecule has 0 aliphatic rings. The number of nitrogens with one attached hydrogen (secondary N) is 2. The lowest BCUT2D eigenvalue weighted by atomic mass is 10.3. The average molecular weight is 229 g/mol. The fourth-order valence-corrected chi connectivity index (χ4v) is 1.29. The number of carbonyl (C=O) groups is 1. The first-order chi connectivity index (χ1) is 7.43. The molecule has 0 rings (SSSR count). The van der Waals surface area contributed by atoms with Crippen molar-refractivity contribution in [2.75, 3.05) is 26.7 Å². The van der Waals surface area contributed by atoms with E-state index in [0.717, 1.165) is 19.5 Å². The number of hydrogen-bond acceptors (Lipinski definition) is 3. The van der Waals surface area contributed by atoms with Gasteiger partial charge < -0.3 is 15.5 Å². The first-order valence-corrected chi connectivity index (χ1v) is 6.13. The van der Waals surface area contributed by atoms with Crippen molar-refractivity contribution in [2.24, 2.45) is 0 Å². The number of hydrogen-bond donors (Lipinski definition) is 2. The molecule has 0 aromatic rings. The van der Waals surface area contributed by atoms with E-state index in [1.54, 1.807) is 0 Å². The molecule has 0 unspecified atom stereocenters. The molecule has 4 nitrogen and oxygen atoms in total. The van der Waals surface area contributed by atoms with Crippen LogP contribution in [0.4, 0.5) is 0 Å². The van der Waals surface area contributed by atoms with Gasteiger partial charge in [0.2, 0.25) is 5.91 Å². The van der Waals surface area contributed by atoms with Gasteiger partial charge in [0, 0.05) is 12.1 Å². The molecule has 96 valence electrons. The molecule has 0 heterocycles. The smallest absolute Gasteiger partial charge is 0.234 e. The molecule has 0 atom stereocenters. The lowest BCUT2D eigenvalue weighted by Gasteiger charge is -2.20. The molecule has 0 fully saturated rings. The molecule has 16 heavy (non-hydrogen) atoms. The largest absolute Gasteiger partial charge is 0.353 e.